The predicted octanol–water partition coefficient (Wildman–Crippen LogP) is 3.75. The van der Waals surface area contributed by atoms with Crippen molar-refractivity contribution >= 4 is 51.0 Å². The summed E-state index contributed by atoms with van der Waals surface area (Å²) in [5.74, 6) is -2.87. The lowest BCUT2D eigenvalue weighted by Gasteiger charge is -2.24. The molecule has 3 aromatic carbocycles. The van der Waals surface area contributed by atoms with Gasteiger partial charge >= 0.3 is 5.97 Å². The molecule has 10 nitrogen and oxygen atoms in total. The summed E-state index contributed by atoms with van der Waals surface area (Å²) in [5, 5.41) is 13.4. The molecule has 1 heterocycles. The maximum absolute atomic E-state index is 13.1. The van der Waals surface area contributed by atoms with Gasteiger partial charge in [-0.3, -0.25) is 29.4 Å². The molecule has 0 saturated heterocycles. The van der Waals surface area contributed by atoms with Crippen LogP contribution in [0.25, 0.3) is 0 Å². The molecule has 0 saturated carbocycles. The molecule has 0 fully saturated rings. The van der Waals surface area contributed by atoms with Crippen molar-refractivity contribution in [2.45, 2.75) is 12.5 Å². The third kappa shape index (κ3) is 5.15. The van der Waals surface area contributed by atoms with Gasteiger partial charge in [-0.05, 0) is 39.7 Å². The molecule has 36 heavy (non-hydrogen) atoms. The normalized spacial score (nSPS) is 13.2. The maximum Gasteiger partial charge on any atom is 0.330 e. The number of anilines is 1. The lowest BCUT2D eigenvalue weighted by molar-refractivity contribution is -0.384. The number of ether oxygens (including phenoxy) is 1. The second-order valence-electron chi connectivity index (χ2n) is 7.81. The highest BCUT2D eigenvalue weighted by Gasteiger charge is 2.43. The van der Waals surface area contributed by atoms with Crippen LogP contribution in [0.2, 0.25) is 0 Å². The number of carbonyl (C=O) groups excluding carboxylic acids is 4. The smallest absolute Gasteiger partial charge is 0.330 e. The SMILES string of the molecule is O=C(COC(=O)[C@H](Cc1ccccc1)N1C(=O)c2ccccc2C1=O)Nc1ccc([N+](=O)[O-])cc1Br. The van der Waals surface area contributed by atoms with E-state index in [2.05, 4.69) is 21.2 Å². The molecule has 182 valence electrons. The molecule has 1 aliphatic heterocycles. The minimum absolute atomic E-state index is 0.000657. The number of rotatable bonds is 8. The van der Waals surface area contributed by atoms with Gasteiger partial charge in [-0.2, -0.15) is 0 Å². The van der Waals surface area contributed by atoms with Gasteiger partial charge in [0.2, 0.25) is 0 Å². The van der Waals surface area contributed by atoms with Crippen LogP contribution in [0.3, 0.4) is 0 Å². The number of carbonyl (C=O) groups is 4. The Morgan fingerprint density at radius 2 is 1.58 bits per heavy atom. The Labute approximate surface area is 213 Å². The Morgan fingerprint density at radius 1 is 0.972 bits per heavy atom. The lowest BCUT2D eigenvalue weighted by Crippen LogP contribution is -2.47. The summed E-state index contributed by atoms with van der Waals surface area (Å²) in [6.07, 6.45) is 0.000657. The lowest BCUT2D eigenvalue weighted by atomic mass is 10.0. The summed E-state index contributed by atoms with van der Waals surface area (Å²) in [5.41, 5.74) is 1.14. The van der Waals surface area contributed by atoms with Gasteiger partial charge in [0.15, 0.2) is 6.61 Å². The molecule has 1 N–H and O–H groups in total. The van der Waals surface area contributed by atoms with Crippen LogP contribution in [0.15, 0.2) is 77.3 Å². The Kier molecular flexibility index (Phi) is 7.20. The van der Waals surface area contributed by atoms with E-state index in [1.54, 1.807) is 42.5 Å². The van der Waals surface area contributed by atoms with Crippen molar-refractivity contribution in [3.05, 3.63) is 104 Å². The quantitative estimate of drug-likeness (QED) is 0.195. The first-order valence-electron chi connectivity index (χ1n) is 10.7. The van der Waals surface area contributed by atoms with Crippen molar-refractivity contribution in [3.63, 3.8) is 0 Å². The number of amides is 3. The van der Waals surface area contributed by atoms with Gasteiger partial charge in [0.1, 0.15) is 6.04 Å². The summed E-state index contributed by atoms with van der Waals surface area (Å²) >= 11 is 3.15. The number of hydrogen-bond acceptors (Lipinski definition) is 7. The van der Waals surface area contributed by atoms with E-state index in [1.807, 2.05) is 0 Å². The summed E-state index contributed by atoms with van der Waals surface area (Å²) in [6, 6.07) is 17.5. The molecule has 0 unspecified atom stereocenters. The number of nitro groups is 1. The van der Waals surface area contributed by atoms with Crippen LogP contribution >= 0.6 is 15.9 Å². The number of non-ortho nitro benzene ring substituents is 1. The zero-order valence-electron chi connectivity index (χ0n) is 18.5. The molecule has 3 aromatic rings. The Hall–Kier alpha value is -4.38. The second kappa shape index (κ2) is 10.5. The van der Waals surface area contributed by atoms with E-state index in [1.165, 1.54) is 30.3 Å². The van der Waals surface area contributed by atoms with E-state index in [0.29, 0.717) is 5.56 Å². The molecule has 0 aromatic heterocycles. The van der Waals surface area contributed by atoms with Crippen LogP contribution in [0.4, 0.5) is 11.4 Å². The number of nitrogens with one attached hydrogen (secondary N) is 1. The van der Waals surface area contributed by atoms with Crippen molar-refractivity contribution in [2.75, 3.05) is 11.9 Å². The third-order valence-electron chi connectivity index (χ3n) is 5.46. The van der Waals surface area contributed by atoms with Crippen molar-refractivity contribution in [1.29, 1.82) is 0 Å². The van der Waals surface area contributed by atoms with Crippen molar-refractivity contribution in [1.82, 2.24) is 4.90 Å². The van der Waals surface area contributed by atoms with Crippen LogP contribution in [0.1, 0.15) is 26.3 Å². The largest absolute Gasteiger partial charge is 0.454 e. The predicted molar refractivity (Wildman–Crippen MR) is 131 cm³/mol. The number of benzene rings is 3. The summed E-state index contributed by atoms with van der Waals surface area (Å²) in [4.78, 5) is 62.7. The first-order chi connectivity index (χ1) is 17.3. The molecule has 0 radical (unpaired) electrons. The Balaban J connectivity index is 1.49. The number of imide groups is 1. The molecule has 0 bridgehead atoms. The van der Waals surface area contributed by atoms with Crippen LogP contribution in [-0.2, 0) is 20.7 Å². The van der Waals surface area contributed by atoms with Crippen molar-refractivity contribution < 1.29 is 28.8 Å². The third-order valence-corrected chi connectivity index (χ3v) is 6.12. The first-order valence-corrected chi connectivity index (χ1v) is 11.5. The fourth-order valence-corrected chi connectivity index (χ4v) is 4.21. The van der Waals surface area contributed by atoms with Crippen LogP contribution in [0, 0.1) is 10.1 Å². The fourth-order valence-electron chi connectivity index (χ4n) is 3.75. The summed E-state index contributed by atoms with van der Waals surface area (Å²) in [7, 11) is 0. The highest BCUT2D eigenvalue weighted by atomic mass is 79.9. The molecule has 1 atom stereocenters. The first kappa shape index (κ1) is 24.7. The highest BCUT2D eigenvalue weighted by molar-refractivity contribution is 9.10. The van der Waals surface area contributed by atoms with Gasteiger partial charge in [0.05, 0.1) is 21.7 Å². The van der Waals surface area contributed by atoms with E-state index in [0.717, 1.165) is 4.90 Å². The number of esters is 1. The van der Waals surface area contributed by atoms with Gasteiger partial charge < -0.3 is 10.1 Å². The van der Waals surface area contributed by atoms with Crippen LogP contribution in [-0.4, -0.2) is 46.2 Å². The van der Waals surface area contributed by atoms with Gasteiger partial charge in [-0.1, -0.05) is 42.5 Å². The van der Waals surface area contributed by atoms with Gasteiger partial charge in [-0.25, -0.2) is 4.79 Å². The molecule has 0 aliphatic carbocycles. The average molecular weight is 552 g/mol. The van der Waals surface area contributed by atoms with Crippen molar-refractivity contribution in [3.8, 4) is 0 Å². The zero-order valence-corrected chi connectivity index (χ0v) is 20.1. The van der Waals surface area contributed by atoms with Gasteiger partial charge in [0.25, 0.3) is 23.4 Å². The Bertz CT molecular complexity index is 1340. The minimum atomic E-state index is -1.29. The van der Waals surface area contributed by atoms with E-state index in [9.17, 15) is 29.3 Å². The number of nitro benzene ring substituents is 1. The molecule has 4 rings (SSSR count). The number of halogens is 1. The second-order valence-corrected chi connectivity index (χ2v) is 8.66. The van der Waals surface area contributed by atoms with E-state index in [4.69, 9.17) is 4.74 Å². The van der Waals surface area contributed by atoms with Crippen LogP contribution < -0.4 is 5.32 Å². The number of fused-ring (bicyclic) bond motifs is 1. The number of hydrogen-bond donors (Lipinski definition) is 1. The van der Waals surface area contributed by atoms with Crippen molar-refractivity contribution in [2.24, 2.45) is 0 Å². The molecular weight excluding hydrogens is 534 g/mol. The standard InChI is InChI=1S/C25H18BrN3O7/c26-19-13-16(29(34)35)10-11-20(19)27-22(30)14-36-25(33)21(12-15-6-2-1-3-7-15)28-23(31)17-8-4-5-9-18(17)24(28)32/h1-11,13,21H,12,14H2,(H,27,30)/t21-/m0/s1. The average Bonchev–Trinajstić information content (AvgIpc) is 3.12. The molecule has 3 amide bonds. The Morgan fingerprint density at radius 3 is 2.17 bits per heavy atom. The number of nitrogens with zero attached hydrogens (tertiary/aromatic N) is 2. The van der Waals surface area contributed by atoms with Crippen LogP contribution in [0.5, 0.6) is 0 Å². The van der Waals surface area contributed by atoms with E-state index in [-0.39, 0.29) is 33.4 Å². The molecule has 0 spiro atoms. The van der Waals surface area contributed by atoms with E-state index >= 15 is 0 Å². The van der Waals surface area contributed by atoms with Gasteiger partial charge in [0, 0.05) is 23.0 Å². The van der Waals surface area contributed by atoms with Gasteiger partial charge in [-0.15, -0.1) is 0 Å². The zero-order chi connectivity index (χ0) is 25.8. The summed E-state index contributed by atoms with van der Waals surface area (Å²) < 4.78 is 5.47. The molecule has 11 heteroatoms. The summed E-state index contributed by atoms with van der Waals surface area (Å²) in [6.45, 7) is -0.698. The monoisotopic (exact) mass is 551 g/mol. The highest BCUT2D eigenvalue weighted by Crippen LogP contribution is 2.28. The van der Waals surface area contributed by atoms with E-state index < -0.39 is 41.3 Å². The maximum atomic E-state index is 13.1. The topological polar surface area (TPSA) is 136 Å². The minimum Gasteiger partial charge on any atom is -0.454 e. The molecule has 1 aliphatic rings. The molecular formula is C25H18BrN3O7. The fraction of sp³-hybridized carbons (Fsp3) is 0.120.